The summed E-state index contributed by atoms with van der Waals surface area (Å²) in [6, 6.07) is 3.40. The number of aliphatic hydroxyl groups excluding tert-OH is 1. The highest BCUT2D eigenvalue weighted by Gasteiger charge is 2.23. The van der Waals surface area contributed by atoms with E-state index in [1.54, 1.807) is 6.07 Å². The third-order valence-electron chi connectivity index (χ3n) is 4.11. The van der Waals surface area contributed by atoms with Crippen molar-refractivity contribution < 1.29 is 9.90 Å². The summed E-state index contributed by atoms with van der Waals surface area (Å²) < 4.78 is 0. The maximum absolute atomic E-state index is 12.3. The van der Waals surface area contributed by atoms with E-state index in [9.17, 15) is 9.90 Å². The minimum Gasteiger partial charge on any atom is -0.395 e. The average molecular weight is 380 g/mol. The molecule has 0 aromatic heterocycles. The summed E-state index contributed by atoms with van der Waals surface area (Å²) in [6.07, 6.45) is 5.73. The molecule has 1 fully saturated rings. The van der Waals surface area contributed by atoms with Crippen molar-refractivity contribution in [2.75, 3.05) is 25.0 Å². The molecule has 2 N–H and O–H groups in total. The fraction of sp³-hybridized carbons (Fsp3) is 0.562. The maximum Gasteiger partial charge on any atom is 0.238 e. The van der Waals surface area contributed by atoms with Crippen LogP contribution in [0.25, 0.3) is 0 Å². The Morgan fingerprint density at radius 3 is 2.43 bits per heavy atom. The lowest BCUT2D eigenvalue weighted by Crippen LogP contribution is -2.43. The molecule has 1 saturated carbocycles. The zero-order valence-electron chi connectivity index (χ0n) is 12.8. The molecule has 1 aromatic rings. The van der Waals surface area contributed by atoms with Crippen LogP contribution in [0.5, 0.6) is 0 Å². The predicted molar refractivity (Wildman–Crippen MR) is 95.6 cm³/mol. The fourth-order valence-corrected chi connectivity index (χ4v) is 3.55. The lowest BCUT2D eigenvalue weighted by Gasteiger charge is -2.33. The molecule has 1 amide bonds. The predicted octanol–water partition coefficient (Wildman–Crippen LogP) is 4.21. The number of benzene rings is 1. The van der Waals surface area contributed by atoms with E-state index in [1.807, 2.05) is 4.90 Å². The molecule has 0 spiro atoms. The van der Waals surface area contributed by atoms with Gasteiger partial charge in [0.15, 0.2) is 0 Å². The highest BCUT2D eigenvalue weighted by Crippen LogP contribution is 2.32. The van der Waals surface area contributed by atoms with Gasteiger partial charge in [-0.2, -0.15) is 0 Å². The molecule has 0 unspecified atom stereocenters. The molecule has 1 aliphatic rings. The first-order valence-electron chi connectivity index (χ1n) is 7.80. The van der Waals surface area contributed by atoms with E-state index < -0.39 is 0 Å². The topological polar surface area (TPSA) is 52.6 Å². The van der Waals surface area contributed by atoms with E-state index in [2.05, 4.69) is 5.32 Å². The van der Waals surface area contributed by atoms with E-state index in [1.165, 1.54) is 25.3 Å². The van der Waals surface area contributed by atoms with Gasteiger partial charge in [0.1, 0.15) is 0 Å². The Bertz CT molecular complexity index is 548. The van der Waals surface area contributed by atoms with Crippen LogP contribution in [0, 0.1) is 0 Å². The molecular weight excluding hydrogens is 359 g/mol. The Balaban J connectivity index is 2.00. The molecule has 128 valence electrons. The van der Waals surface area contributed by atoms with Crippen molar-refractivity contribution >= 4 is 46.4 Å². The van der Waals surface area contributed by atoms with Crippen molar-refractivity contribution in [2.24, 2.45) is 0 Å². The second-order valence-corrected chi connectivity index (χ2v) is 7.00. The lowest BCUT2D eigenvalue weighted by molar-refractivity contribution is -0.118. The van der Waals surface area contributed by atoms with Gasteiger partial charge in [0.25, 0.3) is 0 Å². The Hall–Kier alpha value is -0.520. The van der Waals surface area contributed by atoms with Crippen molar-refractivity contribution in [3.63, 3.8) is 0 Å². The van der Waals surface area contributed by atoms with Crippen LogP contribution in [0.2, 0.25) is 15.1 Å². The zero-order chi connectivity index (χ0) is 16.8. The Morgan fingerprint density at radius 1 is 1.13 bits per heavy atom. The van der Waals surface area contributed by atoms with Crippen molar-refractivity contribution in [1.29, 1.82) is 0 Å². The van der Waals surface area contributed by atoms with Gasteiger partial charge in [0.2, 0.25) is 5.91 Å². The lowest BCUT2D eigenvalue weighted by atomic mass is 9.94. The molecule has 0 atom stereocenters. The number of hydrogen-bond donors (Lipinski definition) is 2. The van der Waals surface area contributed by atoms with E-state index >= 15 is 0 Å². The second kappa shape index (κ2) is 9.09. The number of carbonyl (C=O) groups is 1. The van der Waals surface area contributed by atoms with Gasteiger partial charge in [-0.05, 0) is 25.0 Å². The zero-order valence-corrected chi connectivity index (χ0v) is 15.1. The summed E-state index contributed by atoms with van der Waals surface area (Å²) in [6.45, 7) is 0.756. The SMILES string of the molecule is O=C(CN(CCO)C1CCCCC1)Nc1cc(Cl)c(Cl)cc1Cl. The summed E-state index contributed by atoms with van der Waals surface area (Å²) in [5.41, 5.74) is 0.443. The molecule has 0 radical (unpaired) electrons. The van der Waals surface area contributed by atoms with E-state index in [0.717, 1.165) is 12.8 Å². The number of halogens is 3. The molecule has 0 aliphatic heterocycles. The van der Waals surface area contributed by atoms with E-state index in [-0.39, 0.29) is 19.1 Å². The quantitative estimate of drug-likeness (QED) is 0.728. The van der Waals surface area contributed by atoms with E-state index in [4.69, 9.17) is 34.8 Å². The third-order valence-corrected chi connectivity index (χ3v) is 5.14. The number of aliphatic hydroxyl groups is 1. The highest BCUT2D eigenvalue weighted by atomic mass is 35.5. The number of anilines is 1. The van der Waals surface area contributed by atoms with Crippen LogP contribution in [0.15, 0.2) is 12.1 Å². The molecule has 0 heterocycles. The molecule has 1 aromatic carbocycles. The Labute approximate surface area is 151 Å². The number of rotatable bonds is 6. The molecule has 23 heavy (non-hydrogen) atoms. The molecule has 1 aliphatic carbocycles. The van der Waals surface area contributed by atoms with Crippen LogP contribution in [0.3, 0.4) is 0 Å². The standard InChI is InChI=1S/C16H21Cl3N2O2/c17-12-8-14(19)15(9-13(12)18)20-16(23)10-21(6-7-22)11-4-2-1-3-5-11/h8-9,11,22H,1-7,10H2,(H,20,23). The van der Waals surface area contributed by atoms with Crippen molar-refractivity contribution in [2.45, 2.75) is 38.1 Å². The summed E-state index contributed by atoms with van der Waals surface area (Å²) in [5.74, 6) is -0.177. The summed E-state index contributed by atoms with van der Waals surface area (Å²) >= 11 is 17.9. The number of nitrogens with one attached hydrogen (secondary N) is 1. The minimum atomic E-state index is -0.177. The van der Waals surface area contributed by atoms with Gasteiger partial charge in [-0.25, -0.2) is 0 Å². The first kappa shape index (κ1) is 18.8. The van der Waals surface area contributed by atoms with Gasteiger partial charge in [0, 0.05) is 12.6 Å². The molecular formula is C16H21Cl3N2O2. The largest absolute Gasteiger partial charge is 0.395 e. The number of carbonyl (C=O) groups excluding carboxylic acids is 1. The molecule has 0 saturated heterocycles. The summed E-state index contributed by atoms with van der Waals surface area (Å²) in [4.78, 5) is 14.4. The van der Waals surface area contributed by atoms with Crippen molar-refractivity contribution in [3.05, 3.63) is 27.2 Å². The first-order valence-corrected chi connectivity index (χ1v) is 8.94. The fourth-order valence-electron chi connectivity index (χ4n) is 2.96. The maximum atomic E-state index is 12.3. The van der Waals surface area contributed by atoms with Gasteiger partial charge < -0.3 is 10.4 Å². The van der Waals surface area contributed by atoms with Gasteiger partial charge in [0.05, 0.1) is 33.9 Å². The van der Waals surface area contributed by atoms with Gasteiger partial charge in [-0.1, -0.05) is 54.1 Å². The van der Waals surface area contributed by atoms with Gasteiger partial charge in [-0.15, -0.1) is 0 Å². The number of amides is 1. The molecule has 7 heteroatoms. The summed E-state index contributed by atoms with van der Waals surface area (Å²) in [5, 5.41) is 13.1. The van der Waals surface area contributed by atoms with Crippen LogP contribution >= 0.6 is 34.8 Å². The van der Waals surface area contributed by atoms with Crippen LogP contribution in [0.1, 0.15) is 32.1 Å². The number of nitrogens with zero attached hydrogens (tertiary/aromatic N) is 1. The third kappa shape index (κ3) is 5.50. The van der Waals surface area contributed by atoms with Gasteiger partial charge in [-0.3, -0.25) is 9.69 Å². The van der Waals surface area contributed by atoms with Crippen LogP contribution < -0.4 is 5.32 Å². The van der Waals surface area contributed by atoms with E-state index in [0.29, 0.717) is 33.3 Å². The Kier molecular flexibility index (Phi) is 7.44. The Morgan fingerprint density at radius 2 is 1.78 bits per heavy atom. The average Bonchev–Trinajstić information content (AvgIpc) is 2.53. The molecule has 4 nitrogen and oxygen atoms in total. The van der Waals surface area contributed by atoms with Crippen molar-refractivity contribution in [3.8, 4) is 0 Å². The van der Waals surface area contributed by atoms with Crippen LogP contribution in [-0.4, -0.2) is 41.7 Å². The number of hydrogen-bond acceptors (Lipinski definition) is 3. The normalized spacial score (nSPS) is 15.9. The highest BCUT2D eigenvalue weighted by molar-refractivity contribution is 6.44. The van der Waals surface area contributed by atoms with Crippen LogP contribution in [0.4, 0.5) is 5.69 Å². The van der Waals surface area contributed by atoms with Crippen molar-refractivity contribution in [1.82, 2.24) is 4.90 Å². The first-order chi connectivity index (χ1) is 11.0. The smallest absolute Gasteiger partial charge is 0.238 e. The molecule has 2 rings (SSSR count). The van der Waals surface area contributed by atoms with Crippen LogP contribution in [-0.2, 0) is 4.79 Å². The monoisotopic (exact) mass is 378 g/mol. The van der Waals surface area contributed by atoms with Gasteiger partial charge >= 0.3 is 0 Å². The summed E-state index contributed by atoms with van der Waals surface area (Å²) in [7, 11) is 0. The second-order valence-electron chi connectivity index (χ2n) is 5.78. The minimum absolute atomic E-state index is 0.0390. The molecule has 0 bridgehead atoms.